The number of sulfonamides is 1. The van der Waals surface area contributed by atoms with Crippen LogP contribution in [0.25, 0.3) is 0 Å². The fourth-order valence-electron chi connectivity index (χ4n) is 1.45. The number of hydrogen-bond acceptors (Lipinski definition) is 5. The third kappa shape index (κ3) is 4.66. The highest BCUT2D eigenvalue weighted by Crippen LogP contribution is 2.23. The van der Waals surface area contributed by atoms with Crippen LogP contribution in [0.2, 0.25) is 10.4 Å². The second-order valence-electron chi connectivity index (χ2n) is 3.90. The minimum atomic E-state index is -3.54. The number of hydrogen-bond donors (Lipinski definition) is 0. The Labute approximate surface area is 131 Å². The number of benzene rings is 1. The molecule has 21 heavy (non-hydrogen) atoms. The fourth-order valence-corrected chi connectivity index (χ4v) is 2.55. The first kappa shape index (κ1) is 15.7. The third-order valence-electron chi connectivity index (χ3n) is 2.34. The van der Waals surface area contributed by atoms with Crippen molar-refractivity contribution in [3.8, 4) is 11.6 Å². The van der Waals surface area contributed by atoms with Crippen LogP contribution in [-0.4, -0.2) is 25.1 Å². The lowest BCUT2D eigenvalue weighted by Crippen LogP contribution is -1.99. The van der Waals surface area contributed by atoms with Crippen molar-refractivity contribution >= 4 is 39.9 Å². The van der Waals surface area contributed by atoms with Crippen LogP contribution in [0.1, 0.15) is 5.56 Å². The van der Waals surface area contributed by atoms with Crippen LogP contribution in [0.5, 0.6) is 11.6 Å². The van der Waals surface area contributed by atoms with Gasteiger partial charge in [-0.1, -0.05) is 23.7 Å². The van der Waals surface area contributed by atoms with E-state index in [1.165, 1.54) is 6.07 Å². The van der Waals surface area contributed by atoms with Crippen LogP contribution in [0.3, 0.4) is 0 Å². The molecule has 0 spiro atoms. The maximum atomic E-state index is 11.3. The van der Waals surface area contributed by atoms with E-state index in [1.54, 1.807) is 24.3 Å². The average molecular weight is 346 g/mol. The molecule has 2 aromatic rings. The largest absolute Gasteiger partial charge is 0.439 e. The Bertz CT molecular complexity index is 744. The van der Waals surface area contributed by atoms with E-state index < -0.39 is 10.0 Å². The number of nitrogens with zero attached hydrogens (tertiary/aromatic N) is 3. The van der Waals surface area contributed by atoms with Crippen molar-refractivity contribution in [2.45, 2.75) is 5.75 Å². The summed E-state index contributed by atoms with van der Waals surface area (Å²) in [6.45, 7) is 3.02. The fraction of sp³-hybridized carbons (Fsp3) is 0.0833. The molecule has 0 unspecified atom stereocenters. The summed E-state index contributed by atoms with van der Waals surface area (Å²) in [6, 6.07) is 7.80. The summed E-state index contributed by atoms with van der Waals surface area (Å²) in [7, 11) is -3.54. The highest BCUT2D eigenvalue weighted by molar-refractivity contribution is 7.89. The van der Waals surface area contributed by atoms with Crippen LogP contribution in [0.4, 0.5) is 0 Å². The van der Waals surface area contributed by atoms with Crippen LogP contribution in [-0.2, 0) is 15.8 Å². The van der Waals surface area contributed by atoms with Crippen molar-refractivity contribution in [3.63, 3.8) is 0 Å². The maximum absolute atomic E-state index is 11.3. The van der Waals surface area contributed by atoms with Gasteiger partial charge in [0, 0.05) is 12.8 Å². The molecule has 0 N–H and O–H groups in total. The molecular formula is C12H9Cl2N3O3S. The zero-order valence-electron chi connectivity index (χ0n) is 10.5. The van der Waals surface area contributed by atoms with Gasteiger partial charge >= 0.3 is 0 Å². The van der Waals surface area contributed by atoms with E-state index in [9.17, 15) is 8.42 Å². The smallest absolute Gasteiger partial charge is 0.256 e. The predicted molar refractivity (Wildman–Crippen MR) is 80.7 cm³/mol. The zero-order valence-corrected chi connectivity index (χ0v) is 12.9. The van der Waals surface area contributed by atoms with Crippen molar-refractivity contribution in [3.05, 3.63) is 46.3 Å². The molecule has 0 aliphatic carbocycles. The SMILES string of the molecule is C=NS(=O)(=O)Cc1ccc(Oc2cc(Cl)nc(Cl)n2)cc1. The topological polar surface area (TPSA) is 81.5 Å². The van der Waals surface area contributed by atoms with Gasteiger partial charge in [0.1, 0.15) is 10.9 Å². The molecule has 0 amide bonds. The zero-order chi connectivity index (χ0) is 15.5. The summed E-state index contributed by atoms with van der Waals surface area (Å²) in [6.07, 6.45) is 0. The van der Waals surface area contributed by atoms with Crippen LogP contribution in [0.15, 0.2) is 34.7 Å². The Hall–Kier alpha value is -1.70. The number of rotatable bonds is 5. The first-order valence-corrected chi connectivity index (χ1v) is 7.92. The van der Waals surface area contributed by atoms with Gasteiger partial charge in [-0.25, -0.2) is 13.4 Å². The van der Waals surface area contributed by atoms with Gasteiger partial charge in [-0.2, -0.15) is 9.38 Å². The molecular weight excluding hydrogens is 337 g/mol. The molecule has 9 heteroatoms. The van der Waals surface area contributed by atoms with Gasteiger partial charge in [0.2, 0.25) is 11.2 Å². The van der Waals surface area contributed by atoms with Crippen molar-refractivity contribution in [1.29, 1.82) is 0 Å². The van der Waals surface area contributed by atoms with Crippen molar-refractivity contribution in [2.24, 2.45) is 4.40 Å². The van der Waals surface area contributed by atoms with E-state index >= 15 is 0 Å². The summed E-state index contributed by atoms with van der Waals surface area (Å²) < 4.78 is 31.1. The lowest BCUT2D eigenvalue weighted by Gasteiger charge is -2.06. The number of halogens is 2. The second kappa shape index (κ2) is 6.38. The van der Waals surface area contributed by atoms with Gasteiger partial charge in [-0.15, -0.1) is 0 Å². The summed E-state index contributed by atoms with van der Waals surface area (Å²) in [4.78, 5) is 7.55. The molecule has 0 saturated carbocycles. The predicted octanol–water partition coefficient (Wildman–Crippen LogP) is 3.11. The number of aromatic nitrogens is 2. The molecule has 1 aromatic carbocycles. The summed E-state index contributed by atoms with van der Waals surface area (Å²) >= 11 is 11.4. The summed E-state index contributed by atoms with van der Waals surface area (Å²) in [5.74, 6) is 0.420. The normalized spacial score (nSPS) is 11.1. The van der Waals surface area contributed by atoms with Crippen LogP contribution in [0, 0.1) is 0 Å². The standard InChI is InChI=1S/C12H9Cl2N3O3S/c1-15-21(18,19)7-8-2-4-9(5-3-8)20-11-6-10(13)16-12(14)17-11/h2-6H,1,7H2. The third-order valence-corrected chi connectivity index (χ3v) is 3.79. The maximum Gasteiger partial charge on any atom is 0.256 e. The Balaban J connectivity index is 2.14. The van der Waals surface area contributed by atoms with Gasteiger partial charge in [0.05, 0.1) is 5.75 Å². The minimum Gasteiger partial charge on any atom is -0.439 e. The highest BCUT2D eigenvalue weighted by atomic mass is 35.5. The van der Waals surface area contributed by atoms with E-state index in [1.807, 2.05) is 0 Å². The van der Waals surface area contributed by atoms with Gasteiger partial charge in [0.25, 0.3) is 10.0 Å². The molecule has 0 aliphatic heterocycles. The minimum absolute atomic E-state index is 0.0303. The van der Waals surface area contributed by atoms with Crippen molar-refractivity contribution in [1.82, 2.24) is 9.97 Å². The molecule has 6 nitrogen and oxygen atoms in total. The molecule has 0 saturated heterocycles. The van der Waals surface area contributed by atoms with Crippen LogP contribution >= 0.6 is 23.2 Å². The van der Waals surface area contributed by atoms with Gasteiger partial charge in [0.15, 0.2) is 0 Å². The van der Waals surface area contributed by atoms with E-state index in [2.05, 4.69) is 21.1 Å². The molecule has 0 fully saturated rings. The molecule has 2 rings (SSSR count). The second-order valence-corrected chi connectivity index (χ2v) is 6.34. The van der Waals surface area contributed by atoms with Gasteiger partial charge < -0.3 is 4.74 Å². The molecule has 0 bridgehead atoms. The Morgan fingerprint density at radius 1 is 1.19 bits per heavy atom. The molecule has 1 aromatic heterocycles. The highest BCUT2D eigenvalue weighted by Gasteiger charge is 2.09. The Morgan fingerprint density at radius 2 is 1.86 bits per heavy atom. The van der Waals surface area contributed by atoms with Crippen molar-refractivity contribution < 1.29 is 13.2 Å². The van der Waals surface area contributed by atoms with Crippen LogP contribution < -0.4 is 4.74 Å². The van der Waals surface area contributed by atoms with Gasteiger partial charge in [-0.3, -0.25) is 0 Å². The van der Waals surface area contributed by atoms with E-state index in [0.29, 0.717) is 11.3 Å². The van der Waals surface area contributed by atoms with E-state index in [4.69, 9.17) is 27.9 Å². The Morgan fingerprint density at radius 3 is 2.43 bits per heavy atom. The summed E-state index contributed by atoms with van der Waals surface area (Å²) in [5.41, 5.74) is 0.563. The molecule has 0 radical (unpaired) electrons. The quantitative estimate of drug-likeness (QED) is 0.472. The lowest BCUT2D eigenvalue weighted by molar-refractivity contribution is 0.461. The van der Waals surface area contributed by atoms with E-state index in [-0.39, 0.29) is 22.1 Å². The average Bonchev–Trinajstić information content (AvgIpc) is 2.39. The molecule has 110 valence electrons. The molecule has 0 aliphatic rings. The van der Waals surface area contributed by atoms with Crippen molar-refractivity contribution in [2.75, 3.05) is 0 Å². The van der Waals surface area contributed by atoms with Gasteiger partial charge in [-0.05, 0) is 29.3 Å². The molecule has 0 atom stereocenters. The lowest BCUT2D eigenvalue weighted by atomic mass is 10.2. The first-order chi connectivity index (χ1) is 9.88. The Kier molecular flexibility index (Phi) is 4.76. The monoisotopic (exact) mass is 345 g/mol. The number of ether oxygens (including phenoxy) is 1. The summed E-state index contributed by atoms with van der Waals surface area (Å²) in [5, 5.41) is 0.127. The van der Waals surface area contributed by atoms with E-state index in [0.717, 1.165) is 0 Å². The molecule has 1 heterocycles. The first-order valence-electron chi connectivity index (χ1n) is 5.55.